The molecule has 0 aromatic heterocycles. The SMILES string of the molecule is FC(F)(F)C(F)(N1CCC2c3ccccc3CC21)C(F)(F)F. The van der Waals surface area contributed by atoms with Crippen LogP contribution in [0.1, 0.15) is 23.5 Å². The van der Waals surface area contributed by atoms with E-state index < -0.39 is 36.6 Å². The second kappa shape index (κ2) is 4.59. The van der Waals surface area contributed by atoms with Crippen LogP contribution in [0.3, 0.4) is 0 Å². The summed E-state index contributed by atoms with van der Waals surface area (Å²) in [6, 6.07) is 5.57. The van der Waals surface area contributed by atoms with E-state index in [0.717, 1.165) is 5.56 Å². The first-order valence-electron chi connectivity index (χ1n) is 6.74. The van der Waals surface area contributed by atoms with Gasteiger partial charge in [0.25, 0.3) is 0 Å². The third-order valence-electron chi connectivity index (χ3n) is 4.58. The molecular formula is C14H12F7N. The average molecular weight is 327 g/mol. The molecule has 0 N–H and O–H groups in total. The van der Waals surface area contributed by atoms with E-state index in [4.69, 9.17) is 0 Å². The van der Waals surface area contributed by atoms with Crippen LogP contribution in [-0.2, 0) is 6.42 Å². The Labute approximate surface area is 121 Å². The minimum atomic E-state index is -6.03. The molecular weight excluding hydrogens is 315 g/mol. The summed E-state index contributed by atoms with van der Waals surface area (Å²) in [5.74, 6) is -5.79. The zero-order valence-electron chi connectivity index (χ0n) is 11.2. The maximum atomic E-state index is 14.2. The van der Waals surface area contributed by atoms with Crippen LogP contribution in [-0.4, -0.2) is 35.6 Å². The van der Waals surface area contributed by atoms with Crippen molar-refractivity contribution in [3.05, 3.63) is 35.4 Å². The standard InChI is InChI=1S/C14H12F7N/c15-12(13(16,17)18,14(19,20)21)22-6-5-10-9-4-2-1-3-8(9)7-11(10)22/h1-4,10-11H,5-7H2. The van der Waals surface area contributed by atoms with Crippen molar-refractivity contribution in [2.24, 2.45) is 0 Å². The Morgan fingerprint density at radius 3 is 2.09 bits per heavy atom. The molecule has 2 atom stereocenters. The van der Waals surface area contributed by atoms with Gasteiger partial charge in [-0.1, -0.05) is 24.3 Å². The Kier molecular flexibility index (Phi) is 3.25. The lowest BCUT2D eigenvalue weighted by molar-refractivity contribution is -0.390. The minimum Gasteiger partial charge on any atom is -0.252 e. The molecule has 0 saturated carbocycles. The van der Waals surface area contributed by atoms with Gasteiger partial charge in [0.2, 0.25) is 0 Å². The van der Waals surface area contributed by atoms with E-state index in [9.17, 15) is 30.7 Å². The summed E-state index contributed by atoms with van der Waals surface area (Å²) >= 11 is 0. The molecule has 1 aromatic carbocycles. The van der Waals surface area contributed by atoms with Gasteiger partial charge in [0.15, 0.2) is 0 Å². The topological polar surface area (TPSA) is 3.24 Å². The highest BCUT2D eigenvalue weighted by molar-refractivity contribution is 5.39. The number of rotatable bonds is 1. The highest BCUT2D eigenvalue weighted by Crippen LogP contribution is 2.54. The van der Waals surface area contributed by atoms with Crippen LogP contribution in [0.15, 0.2) is 24.3 Å². The van der Waals surface area contributed by atoms with Gasteiger partial charge in [0.1, 0.15) is 0 Å². The number of hydrogen-bond acceptors (Lipinski definition) is 1. The van der Waals surface area contributed by atoms with E-state index in [1.165, 1.54) is 0 Å². The molecule has 22 heavy (non-hydrogen) atoms. The van der Waals surface area contributed by atoms with Crippen LogP contribution in [0.5, 0.6) is 0 Å². The van der Waals surface area contributed by atoms with Crippen molar-refractivity contribution >= 4 is 0 Å². The quantitative estimate of drug-likeness (QED) is 0.552. The fourth-order valence-corrected chi connectivity index (χ4v) is 3.64. The van der Waals surface area contributed by atoms with Crippen LogP contribution >= 0.6 is 0 Å². The molecule has 2 unspecified atom stereocenters. The molecule has 1 saturated heterocycles. The van der Waals surface area contributed by atoms with Crippen molar-refractivity contribution in [1.29, 1.82) is 0 Å². The fraction of sp³-hybridized carbons (Fsp3) is 0.571. The highest BCUT2D eigenvalue weighted by Gasteiger charge is 2.77. The summed E-state index contributed by atoms with van der Waals surface area (Å²) in [7, 11) is 0. The molecule has 122 valence electrons. The number of fused-ring (bicyclic) bond motifs is 3. The molecule has 3 rings (SSSR count). The van der Waals surface area contributed by atoms with Crippen molar-refractivity contribution < 1.29 is 30.7 Å². The molecule has 1 heterocycles. The molecule has 0 bridgehead atoms. The second-order valence-corrected chi connectivity index (χ2v) is 5.68. The first kappa shape index (κ1) is 15.6. The van der Waals surface area contributed by atoms with E-state index in [2.05, 4.69) is 0 Å². The van der Waals surface area contributed by atoms with Crippen molar-refractivity contribution in [2.45, 2.75) is 42.9 Å². The molecule has 8 heteroatoms. The van der Waals surface area contributed by atoms with Crippen LogP contribution in [0.4, 0.5) is 30.7 Å². The summed E-state index contributed by atoms with van der Waals surface area (Å²) < 4.78 is 91.7. The summed E-state index contributed by atoms with van der Waals surface area (Å²) in [6.45, 7) is -0.570. The lowest BCUT2D eigenvalue weighted by Gasteiger charge is -2.40. The van der Waals surface area contributed by atoms with Crippen molar-refractivity contribution in [3.63, 3.8) is 0 Å². The molecule has 1 aromatic rings. The summed E-state index contributed by atoms with van der Waals surface area (Å²) in [5, 5.41) is 0. The van der Waals surface area contributed by atoms with Crippen LogP contribution < -0.4 is 0 Å². The maximum absolute atomic E-state index is 14.2. The molecule has 1 aliphatic carbocycles. The lowest BCUT2D eigenvalue weighted by Crippen LogP contribution is -2.65. The molecule has 0 spiro atoms. The van der Waals surface area contributed by atoms with Gasteiger partial charge in [-0.25, -0.2) is 4.39 Å². The van der Waals surface area contributed by atoms with Crippen molar-refractivity contribution in [2.75, 3.05) is 6.54 Å². The van der Waals surface area contributed by atoms with Gasteiger partial charge in [0, 0.05) is 18.5 Å². The number of likely N-dealkylation sites (tertiary alicyclic amines) is 1. The highest BCUT2D eigenvalue weighted by atomic mass is 19.4. The number of halogens is 7. The molecule has 1 aliphatic heterocycles. The van der Waals surface area contributed by atoms with Gasteiger partial charge >= 0.3 is 18.1 Å². The van der Waals surface area contributed by atoms with Gasteiger partial charge < -0.3 is 0 Å². The Bertz CT molecular complexity index is 563. The Morgan fingerprint density at radius 1 is 0.909 bits per heavy atom. The number of nitrogens with zero attached hydrogens (tertiary/aromatic N) is 1. The van der Waals surface area contributed by atoms with Crippen molar-refractivity contribution in [3.8, 4) is 0 Å². The normalized spacial score (nSPS) is 26.1. The van der Waals surface area contributed by atoms with Crippen LogP contribution in [0.25, 0.3) is 0 Å². The van der Waals surface area contributed by atoms with E-state index >= 15 is 0 Å². The summed E-state index contributed by atoms with van der Waals surface area (Å²) in [5.41, 5.74) is 1.41. The minimum absolute atomic E-state index is 0.00132. The van der Waals surface area contributed by atoms with Gasteiger partial charge in [-0.05, 0) is 24.0 Å². The van der Waals surface area contributed by atoms with E-state index in [-0.39, 0.29) is 17.7 Å². The second-order valence-electron chi connectivity index (χ2n) is 5.68. The van der Waals surface area contributed by atoms with Gasteiger partial charge in [0.05, 0.1) is 0 Å². The van der Waals surface area contributed by atoms with Gasteiger partial charge in [-0.15, -0.1) is 0 Å². The fourth-order valence-electron chi connectivity index (χ4n) is 3.64. The predicted molar refractivity (Wildman–Crippen MR) is 63.9 cm³/mol. The summed E-state index contributed by atoms with van der Waals surface area (Å²) in [6.07, 6.45) is -12.0. The van der Waals surface area contributed by atoms with Crippen molar-refractivity contribution in [1.82, 2.24) is 4.90 Å². The monoisotopic (exact) mass is 327 g/mol. The predicted octanol–water partition coefficient (Wildman–Crippen LogP) is 4.19. The zero-order valence-corrected chi connectivity index (χ0v) is 11.2. The zero-order chi connectivity index (χ0) is 16.3. The Balaban J connectivity index is 2.00. The first-order chi connectivity index (χ1) is 10.1. The van der Waals surface area contributed by atoms with Crippen LogP contribution in [0.2, 0.25) is 0 Å². The third kappa shape index (κ3) is 1.96. The van der Waals surface area contributed by atoms with E-state index in [1.807, 2.05) is 0 Å². The first-order valence-corrected chi connectivity index (χ1v) is 6.74. The Morgan fingerprint density at radius 2 is 1.50 bits per heavy atom. The largest absolute Gasteiger partial charge is 0.446 e. The Hall–Kier alpha value is -1.31. The molecule has 2 aliphatic rings. The molecule has 0 amide bonds. The van der Waals surface area contributed by atoms with Crippen LogP contribution in [0, 0.1) is 0 Å². The number of hydrogen-bond donors (Lipinski definition) is 0. The molecule has 1 nitrogen and oxygen atoms in total. The number of benzene rings is 1. The number of alkyl halides is 7. The van der Waals surface area contributed by atoms with Gasteiger partial charge in [-0.3, -0.25) is 4.90 Å². The molecule has 1 fully saturated rings. The lowest BCUT2D eigenvalue weighted by atomic mass is 9.98. The summed E-state index contributed by atoms with van der Waals surface area (Å²) in [4.78, 5) is -0.0440. The van der Waals surface area contributed by atoms with E-state index in [1.54, 1.807) is 24.3 Å². The van der Waals surface area contributed by atoms with E-state index in [0.29, 0.717) is 5.56 Å². The van der Waals surface area contributed by atoms with Gasteiger partial charge in [-0.2, -0.15) is 26.3 Å². The smallest absolute Gasteiger partial charge is 0.252 e. The third-order valence-corrected chi connectivity index (χ3v) is 4.58. The average Bonchev–Trinajstić information content (AvgIpc) is 2.93. The maximum Gasteiger partial charge on any atom is 0.446 e. The molecule has 0 radical (unpaired) electrons.